The number of fused-ring (bicyclic) bond motifs is 1. The third-order valence-corrected chi connectivity index (χ3v) is 4.85. The van der Waals surface area contributed by atoms with Gasteiger partial charge in [-0.1, -0.05) is 12.1 Å². The summed E-state index contributed by atoms with van der Waals surface area (Å²) in [6.45, 7) is 2.18. The van der Waals surface area contributed by atoms with Crippen molar-refractivity contribution >= 4 is 21.6 Å². The van der Waals surface area contributed by atoms with Gasteiger partial charge in [0.05, 0.1) is 6.07 Å². The highest BCUT2D eigenvalue weighted by molar-refractivity contribution is 9.10. The van der Waals surface area contributed by atoms with Crippen molar-refractivity contribution < 1.29 is 0 Å². The van der Waals surface area contributed by atoms with Crippen LogP contribution in [0.25, 0.3) is 0 Å². The van der Waals surface area contributed by atoms with Gasteiger partial charge in [0.1, 0.15) is 5.54 Å². The van der Waals surface area contributed by atoms with E-state index in [2.05, 4.69) is 32.2 Å². The Morgan fingerprint density at radius 3 is 3.00 bits per heavy atom. The molecule has 2 saturated heterocycles. The van der Waals surface area contributed by atoms with E-state index in [0.717, 1.165) is 36.1 Å². The monoisotopic (exact) mass is 305 g/mol. The molecule has 0 aliphatic carbocycles. The van der Waals surface area contributed by atoms with Crippen molar-refractivity contribution in [3.05, 3.63) is 28.7 Å². The molecule has 0 bridgehead atoms. The SMILES string of the molecule is N#CC1(Nc2ccccc2Br)CCN2CCCC21. The number of halogens is 1. The quantitative estimate of drug-likeness (QED) is 0.913. The van der Waals surface area contributed by atoms with Crippen LogP contribution in [0.5, 0.6) is 0 Å². The molecule has 1 aromatic rings. The van der Waals surface area contributed by atoms with Crippen LogP contribution in [0.1, 0.15) is 19.3 Å². The highest BCUT2D eigenvalue weighted by atomic mass is 79.9. The highest BCUT2D eigenvalue weighted by Crippen LogP contribution is 2.39. The van der Waals surface area contributed by atoms with Crippen LogP contribution < -0.4 is 5.32 Å². The molecule has 2 unspecified atom stereocenters. The van der Waals surface area contributed by atoms with Crippen molar-refractivity contribution in [1.82, 2.24) is 4.90 Å². The maximum Gasteiger partial charge on any atom is 0.142 e. The minimum atomic E-state index is -0.416. The van der Waals surface area contributed by atoms with E-state index < -0.39 is 5.54 Å². The van der Waals surface area contributed by atoms with Crippen LogP contribution >= 0.6 is 15.9 Å². The summed E-state index contributed by atoms with van der Waals surface area (Å²) >= 11 is 3.54. The molecule has 0 radical (unpaired) electrons. The molecule has 3 nitrogen and oxygen atoms in total. The summed E-state index contributed by atoms with van der Waals surface area (Å²) < 4.78 is 1.02. The summed E-state index contributed by atoms with van der Waals surface area (Å²) in [6, 6.07) is 10.9. The number of nitrogens with one attached hydrogen (secondary N) is 1. The Kier molecular flexibility index (Phi) is 3.04. The molecule has 2 atom stereocenters. The zero-order chi connectivity index (χ0) is 12.6. The van der Waals surface area contributed by atoms with E-state index in [4.69, 9.17) is 0 Å². The molecule has 18 heavy (non-hydrogen) atoms. The molecule has 3 rings (SSSR count). The zero-order valence-corrected chi connectivity index (χ0v) is 11.8. The number of hydrogen-bond acceptors (Lipinski definition) is 3. The molecule has 2 aliphatic rings. The highest BCUT2D eigenvalue weighted by Gasteiger charge is 2.49. The molecular formula is C14H16BrN3. The number of nitrogens with zero attached hydrogens (tertiary/aromatic N) is 2. The van der Waals surface area contributed by atoms with Crippen LogP contribution in [-0.4, -0.2) is 29.6 Å². The zero-order valence-electron chi connectivity index (χ0n) is 10.2. The van der Waals surface area contributed by atoms with Gasteiger partial charge in [-0.05, 0) is 53.9 Å². The lowest BCUT2D eigenvalue weighted by Gasteiger charge is -2.30. The predicted octanol–water partition coefficient (Wildman–Crippen LogP) is 2.99. The summed E-state index contributed by atoms with van der Waals surface area (Å²) in [6.07, 6.45) is 3.26. The number of nitriles is 1. The van der Waals surface area contributed by atoms with Crippen molar-refractivity contribution in [2.75, 3.05) is 18.4 Å². The summed E-state index contributed by atoms with van der Waals surface area (Å²) in [4.78, 5) is 2.45. The van der Waals surface area contributed by atoms with Crippen molar-refractivity contribution in [2.45, 2.75) is 30.8 Å². The third kappa shape index (κ3) is 1.82. The first-order valence-electron chi connectivity index (χ1n) is 6.43. The average Bonchev–Trinajstić information content (AvgIpc) is 2.96. The van der Waals surface area contributed by atoms with Gasteiger partial charge in [0, 0.05) is 22.7 Å². The maximum atomic E-state index is 9.66. The van der Waals surface area contributed by atoms with Crippen LogP contribution in [0.2, 0.25) is 0 Å². The second-order valence-electron chi connectivity index (χ2n) is 5.13. The summed E-state index contributed by atoms with van der Waals surface area (Å²) in [5.41, 5.74) is 0.605. The number of para-hydroxylation sites is 1. The first-order valence-corrected chi connectivity index (χ1v) is 7.22. The van der Waals surface area contributed by atoms with Gasteiger partial charge in [0.15, 0.2) is 0 Å². The van der Waals surface area contributed by atoms with Crippen LogP contribution in [-0.2, 0) is 0 Å². The van der Waals surface area contributed by atoms with Crippen LogP contribution in [0.15, 0.2) is 28.7 Å². The smallest absolute Gasteiger partial charge is 0.142 e. The molecule has 0 spiro atoms. The van der Waals surface area contributed by atoms with E-state index in [9.17, 15) is 5.26 Å². The van der Waals surface area contributed by atoms with Gasteiger partial charge in [-0.15, -0.1) is 0 Å². The average molecular weight is 306 g/mol. The van der Waals surface area contributed by atoms with Crippen molar-refractivity contribution in [3.8, 4) is 6.07 Å². The van der Waals surface area contributed by atoms with E-state index >= 15 is 0 Å². The van der Waals surface area contributed by atoms with Crippen molar-refractivity contribution in [1.29, 1.82) is 5.26 Å². The van der Waals surface area contributed by atoms with Crippen molar-refractivity contribution in [2.24, 2.45) is 0 Å². The fraction of sp³-hybridized carbons (Fsp3) is 0.500. The molecule has 94 valence electrons. The molecular weight excluding hydrogens is 290 g/mol. The van der Waals surface area contributed by atoms with Gasteiger partial charge in [0.2, 0.25) is 0 Å². The van der Waals surface area contributed by atoms with Gasteiger partial charge in [-0.3, -0.25) is 4.90 Å². The Bertz CT molecular complexity index is 496. The molecule has 2 heterocycles. The maximum absolute atomic E-state index is 9.66. The molecule has 1 aromatic carbocycles. The first kappa shape index (κ1) is 12.0. The molecule has 0 saturated carbocycles. The van der Waals surface area contributed by atoms with Crippen LogP contribution in [0, 0.1) is 11.3 Å². The lowest BCUT2D eigenvalue weighted by Crippen LogP contribution is -2.46. The summed E-state index contributed by atoms with van der Waals surface area (Å²) in [5, 5.41) is 13.2. The van der Waals surface area contributed by atoms with Crippen LogP contribution in [0.4, 0.5) is 5.69 Å². The fourth-order valence-electron chi connectivity index (χ4n) is 3.25. The Morgan fingerprint density at radius 1 is 1.39 bits per heavy atom. The van der Waals surface area contributed by atoms with Gasteiger partial charge < -0.3 is 5.32 Å². The Morgan fingerprint density at radius 2 is 2.22 bits per heavy atom. The molecule has 2 aliphatic heterocycles. The van der Waals surface area contributed by atoms with Gasteiger partial charge >= 0.3 is 0 Å². The van der Waals surface area contributed by atoms with Crippen molar-refractivity contribution in [3.63, 3.8) is 0 Å². The summed E-state index contributed by atoms with van der Waals surface area (Å²) in [5.74, 6) is 0. The normalized spacial score (nSPS) is 31.0. The second kappa shape index (κ2) is 4.56. The van der Waals surface area contributed by atoms with Crippen LogP contribution in [0.3, 0.4) is 0 Å². The Hall–Kier alpha value is -1.05. The van der Waals surface area contributed by atoms with E-state index in [1.807, 2.05) is 24.3 Å². The minimum absolute atomic E-state index is 0.370. The van der Waals surface area contributed by atoms with Gasteiger partial charge in [0.25, 0.3) is 0 Å². The number of anilines is 1. The van der Waals surface area contributed by atoms with E-state index in [-0.39, 0.29) is 0 Å². The molecule has 1 N–H and O–H groups in total. The third-order valence-electron chi connectivity index (χ3n) is 4.16. The Labute approximate surface area is 116 Å². The summed E-state index contributed by atoms with van der Waals surface area (Å²) in [7, 11) is 0. The Balaban J connectivity index is 1.90. The van der Waals surface area contributed by atoms with E-state index in [1.54, 1.807) is 0 Å². The standard InChI is InChI=1S/C14H16BrN3/c15-11-4-1-2-5-12(11)17-14(10-16)7-9-18-8-3-6-13(14)18/h1-2,4-5,13,17H,3,6-9H2. The largest absolute Gasteiger partial charge is 0.365 e. The number of hydrogen-bond donors (Lipinski definition) is 1. The van der Waals surface area contributed by atoms with E-state index in [0.29, 0.717) is 6.04 Å². The molecule has 0 aromatic heterocycles. The molecule has 2 fully saturated rings. The number of rotatable bonds is 2. The first-order chi connectivity index (χ1) is 8.75. The molecule has 4 heteroatoms. The molecule has 0 amide bonds. The lowest BCUT2D eigenvalue weighted by atomic mass is 9.90. The van der Waals surface area contributed by atoms with E-state index in [1.165, 1.54) is 6.42 Å². The predicted molar refractivity (Wildman–Crippen MR) is 75.3 cm³/mol. The second-order valence-corrected chi connectivity index (χ2v) is 5.99. The number of benzene rings is 1. The lowest BCUT2D eigenvalue weighted by molar-refractivity contribution is 0.301. The van der Waals surface area contributed by atoms with Gasteiger partial charge in [-0.25, -0.2) is 0 Å². The minimum Gasteiger partial charge on any atom is -0.365 e. The fourth-order valence-corrected chi connectivity index (χ4v) is 3.63. The topological polar surface area (TPSA) is 39.1 Å². The van der Waals surface area contributed by atoms with Gasteiger partial charge in [-0.2, -0.15) is 5.26 Å².